The van der Waals surface area contributed by atoms with E-state index in [4.69, 9.17) is 27.9 Å². The summed E-state index contributed by atoms with van der Waals surface area (Å²) >= 11 is 12.1. The molecule has 0 saturated heterocycles. The van der Waals surface area contributed by atoms with E-state index in [0.29, 0.717) is 32.7 Å². The number of ether oxygens (including phenoxy) is 1. The topological polar surface area (TPSA) is 85.2 Å². The van der Waals surface area contributed by atoms with Gasteiger partial charge in [-0.1, -0.05) is 35.3 Å². The predicted molar refractivity (Wildman–Crippen MR) is 137 cm³/mol. The highest BCUT2D eigenvalue weighted by molar-refractivity contribution is 6.31. The third-order valence-corrected chi connectivity index (χ3v) is 5.83. The quantitative estimate of drug-likeness (QED) is 0.322. The average Bonchev–Trinajstić information content (AvgIpc) is 3.67. The molecule has 1 amide bonds. The van der Waals surface area contributed by atoms with Gasteiger partial charge in [-0.3, -0.25) is 9.59 Å². The van der Waals surface area contributed by atoms with Crippen LogP contribution in [-0.4, -0.2) is 21.7 Å². The van der Waals surface area contributed by atoms with Gasteiger partial charge in [-0.15, -0.1) is 0 Å². The van der Waals surface area contributed by atoms with Crippen LogP contribution in [0.3, 0.4) is 0 Å². The second kappa shape index (κ2) is 9.82. The van der Waals surface area contributed by atoms with Crippen LogP contribution in [0.2, 0.25) is 10.0 Å². The number of anilines is 2. The number of aromatic nitrogens is 2. The summed E-state index contributed by atoms with van der Waals surface area (Å²) in [7, 11) is 0. The van der Waals surface area contributed by atoms with Crippen LogP contribution in [-0.2, 0) is 0 Å². The first-order valence-electron chi connectivity index (χ1n) is 11.0. The van der Waals surface area contributed by atoms with Crippen LogP contribution in [0.5, 0.6) is 11.5 Å². The maximum absolute atomic E-state index is 13.5. The second-order valence-corrected chi connectivity index (χ2v) is 8.96. The summed E-state index contributed by atoms with van der Waals surface area (Å²) < 4.78 is 7.20. The van der Waals surface area contributed by atoms with Gasteiger partial charge in [-0.25, -0.2) is 0 Å². The van der Waals surface area contributed by atoms with Crippen LogP contribution in [0.1, 0.15) is 23.2 Å². The van der Waals surface area contributed by atoms with E-state index < -0.39 is 5.56 Å². The molecule has 0 aliphatic heterocycles. The number of nitrogens with zero attached hydrogens (tertiary/aromatic N) is 2. The summed E-state index contributed by atoms with van der Waals surface area (Å²) in [5.74, 6) is 0.542. The number of carbonyl (C=O) groups excluding carboxylic acids is 1. The molecular formula is C26H20Cl2N4O3. The molecule has 1 aliphatic carbocycles. The van der Waals surface area contributed by atoms with E-state index in [0.717, 1.165) is 12.8 Å². The van der Waals surface area contributed by atoms with Crippen molar-refractivity contribution >= 4 is 40.5 Å². The molecule has 0 radical (unpaired) electrons. The van der Waals surface area contributed by atoms with Gasteiger partial charge < -0.3 is 15.4 Å². The van der Waals surface area contributed by atoms with Crippen LogP contribution < -0.4 is 20.9 Å². The first kappa shape index (κ1) is 23.0. The van der Waals surface area contributed by atoms with E-state index in [1.807, 2.05) is 0 Å². The molecule has 7 nitrogen and oxygen atoms in total. The largest absolute Gasteiger partial charge is 0.453 e. The molecule has 0 unspecified atom stereocenters. The minimum Gasteiger partial charge on any atom is -0.453 e. The molecule has 0 spiro atoms. The van der Waals surface area contributed by atoms with E-state index in [2.05, 4.69) is 15.7 Å². The van der Waals surface area contributed by atoms with Gasteiger partial charge in [0.05, 0.1) is 11.9 Å². The molecule has 1 aliphatic rings. The lowest BCUT2D eigenvalue weighted by atomic mass is 10.2. The Labute approximate surface area is 211 Å². The van der Waals surface area contributed by atoms with E-state index in [1.54, 1.807) is 72.8 Å². The summed E-state index contributed by atoms with van der Waals surface area (Å²) in [5.41, 5.74) is 1.24. The highest BCUT2D eigenvalue weighted by Crippen LogP contribution is 2.30. The Balaban J connectivity index is 1.53. The zero-order valence-electron chi connectivity index (χ0n) is 18.4. The van der Waals surface area contributed by atoms with Crippen molar-refractivity contribution in [1.82, 2.24) is 15.1 Å². The highest BCUT2D eigenvalue weighted by atomic mass is 35.5. The SMILES string of the molecule is O=C(NC1CC1)c1cccc(Nc2c(Oc3ccc(Cl)cc3)cnn(-c3cccc(Cl)c3)c2=O)c1. The van der Waals surface area contributed by atoms with Crippen molar-refractivity contribution in [3.63, 3.8) is 0 Å². The number of halogens is 2. The molecule has 1 heterocycles. The minimum absolute atomic E-state index is 0.148. The monoisotopic (exact) mass is 506 g/mol. The van der Waals surface area contributed by atoms with Crippen LogP contribution in [0, 0.1) is 0 Å². The number of rotatable bonds is 7. The van der Waals surface area contributed by atoms with Crippen molar-refractivity contribution in [2.45, 2.75) is 18.9 Å². The van der Waals surface area contributed by atoms with E-state index in [1.165, 1.54) is 10.9 Å². The number of benzene rings is 3. The number of nitrogens with one attached hydrogen (secondary N) is 2. The molecule has 1 aromatic heterocycles. The Morgan fingerprint density at radius 1 is 0.971 bits per heavy atom. The highest BCUT2D eigenvalue weighted by Gasteiger charge is 2.24. The van der Waals surface area contributed by atoms with Gasteiger partial charge in [0, 0.05) is 27.3 Å². The summed E-state index contributed by atoms with van der Waals surface area (Å²) in [6.07, 6.45) is 3.44. The fourth-order valence-corrected chi connectivity index (χ4v) is 3.74. The lowest BCUT2D eigenvalue weighted by Crippen LogP contribution is -2.25. The first-order chi connectivity index (χ1) is 17.0. The molecule has 3 aromatic carbocycles. The number of hydrogen-bond donors (Lipinski definition) is 2. The third-order valence-electron chi connectivity index (χ3n) is 5.34. The van der Waals surface area contributed by atoms with Crippen molar-refractivity contribution in [1.29, 1.82) is 0 Å². The zero-order valence-corrected chi connectivity index (χ0v) is 19.9. The second-order valence-electron chi connectivity index (χ2n) is 8.09. The standard InChI is InChI=1S/C26H20Cl2N4O3/c27-17-7-11-22(12-8-17)35-23-15-29-32(21-6-2-4-18(28)14-21)26(34)24(23)30-20-5-1-3-16(13-20)25(33)31-19-9-10-19/h1-8,11-15,19,30H,9-10H2,(H,31,33). The molecule has 5 rings (SSSR count). The van der Waals surface area contributed by atoms with Gasteiger partial charge in [-0.05, 0) is 73.5 Å². The van der Waals surface area contributed by atoms with Crippen molar-refractivity contribution in [2.75, 3.05) is 5.32 Å². The third kappa shape index (κ3) is 5.48. The molecule has 2 N–H and O–H groups in total. The van der Waals surface area contributed by atoms with Gasteiger partial charge in [0.2, 0.25) is 0 Å². The average molecular weight is 507 g/mol. The van der Waals surface area contributed by atoms with Crippen molar-refractivity contribution in [2.24, 2.45) is 0 Å². The molecular weight excluding hydrogens is 487 g/mol. The van der Waals surface area contributed by atoms with E-state index in [-0.39, 0.29) is 23.4 Å². The number of carbonyl (C=O) groups is 1. The Bertz CT molecular complexity index is 1450. The van der Waals surface area contributed by atoms with Gasteiger partial charge in [-0.2, -0.15) is 9.78 Å². The fourth-order valence-electron chi connectivity index (χ4n) is 3.43. The Morgan fingerprint density at radius 2 is 1.74 bits per heavy atom. The van der Waals surface area contributed by atoms with Gasteiger partial charge in [0.25, 0.3) is 11.5 Å². The Kier molecular flexibility index (Phi) is 6.44. The van der Waals surface area contributed by atoms with Crippen LogP contribution in [0.25, 0.3) is 5.69 Å². The normalized spacial score (nSPS) is 12.7. The smallest absolute Gasteiger partial charge is 0.299 e. The molecule has 0 bridgehead atoms. The molecule has 1 fully saturated rings. The Morgan fingerprint density at radius 3 is 2.49 bits per heavy atom. The summed E-state index contributed by atoms with van der Waals surface area (Å²) in [5, 5.41) is 11.4. The Hall–Kier alpha value is -3.81. The maximum Gasteiger partial charge on any atom is 0.299 e. The van der Waals surface area contributed by atoms with Crippen LogP contribution in [0.4, 0.5) is 11.4 Å². The molecule has 4 aromatic rings. The van der Waals surface area contributed by atoms with Crippen LogP contribution in [0.15, 0.2) is 83.8 Å². The van der Waals surface area contributed by atoms with E-state index in [9.17, 15) is 9.59 Å². The van der Waals surface area contributed by atoms with Gasteiger partial charge in [0.15, 0.2) is 11.4 Å². The first-order valence-corrected chi connectivity index (χ1v) is 11.7. The van der Waals surface area contributed by atoms with Crippen molar-refractivity contribution < 1.29 is 9.53 Å². The lowest BCUT2D eigenvalue weighted by molar-refractivity contribution is 0.0951. The summed E-state index contributed by atoms with van der Waals surface area (Å²) in [6.45, 7) is 0. The molecule has 0 atom stereocenters. The maximum atomic E-state index is 13.5. The molecule has 9 heteroatoms. The molecule has 35 heavy (non-hydrogen) atoms. The van der Waals surface area contributed by atoms with Gasteiger partial charge >= 0.3 is 0 Å². The molecule has 176 valence electrons. The van der Waals surface area contributed by atoms with Crippen molar-refractivity contribution in [3.8, 4) is 17.2 Å². The minimum atomic E-state index is -0.452. The predicted octanol–water partition coefficient (Wildman–Crippen LogP) is 5.97. The number of hydrogen-bond acceptors (Lipinski definition) is 5. The molecule has 1 saturated carbocycles. The zero-order chi connectivity index (χ0) is 24.4. The van der Waals surface area contributed by atoms with Gasteiger partial charge in [0.1, 0.15) is 5.75 Å². The van der Waals surface area contributed by atoms with Crippen LogP contribution >= 0.6 is 23.2 Å². The lowest BCUT2D eigenvalue weighted by Gasteiger charge is -2.15. The van der Waals surface area contributed by atoms with E-state index >= 15 is 0 Å². The fraction of sp³-hybridized carbons (Fsp3) is 0.115. The summed E-state index contributed by atoms with van der Waals surface area (Å²) in [4.78, 5) is 26.0. The number of amides is 1. The van der Waals surface area contributed by atoms with Crippen molar-refractivity contribution in [3.05, 3.63) is 105 Å². The summed E-state index contributed by atoms with van der Waals surface area (Å²) in [6, 6.07) is 20.7.